The predicted molar refractivity (Wildman–Crippen MR) is 126 cm³/mol. The molecule has 0 saturated carbocycles. The molecule has 7 heteroatoms. The average Bonchev–Trinajstić information content (AvgIpc) is 2.72. The summed E-state index contributed by atoms with van der Waals surface area (Å²) in [5.74, 6) is 0. The molecule has 0 aliphatic rings. The Kier molecular flexibility index (Phi) is 7.87. The second-order valence-electron chi connectivity index (χ2n) is 7.43. The Morgan fingerprint density at radius 1 is 0.867 bits per heavy atom. The lowest BCUT2D eigenvalue weighted by molar-refractivity contribution is 0.587. The van der Waals surface area contributed by atoms with E-state index < -0.39 is 10.0 Å². The molecule has 0 bridgehead atoms. The standard InChI is InChI=1S/C21H22ClN3O2S.C2H6/c1-21(2,3)15-4-7-18(8-5-15)28(26,27)25-19-9-6-16(22)14-20(19)24-17-10-12-23-13-11-17;1-2/h4-14,25H,1-3H3,(H,23,24);1-2H3. The lowest BCUT2D eigenvalue weighted by Crippen LogP contribution is -2.15. The van der Waals surface area contributed by atoms with Gasteiger partial charge in [0.25, 0.3) is 10.0 Å². The van der Waals surface area contributed by atoms with Crippen molar-refractivity contribution in [3.63, 3.8) is 0 Å². The third kappa shape index (κ3) is 6.21. The Balaban J connectivity index is 0.00000155. The van der Waals surface area contributed by atoms with Gasteiger partial charge in [-0.1, -0.05) is 58.4 Å². The molecule has 0 aliphatic carbocycles. The molecule has 0 spiro atoms. The third-order valence-corrected chi connectivity index (χ3v) is 5.83. The van der Waals surface area contributed by atoms with Gasteiger partial charge in [-0.3, -0.25) is 9.71 Å². The monoisotopic (exact) mass is 445 g/mol. The zero-order valence-corrected chi connectivity index (χ0v) is 19.5. The van der Waals surface area contributed by atoms with E-state index in [1.807, 2.05) is 26.0 Å². The number of benzene rings is 2. The Morgan fingerprint density at radius 3 is 2.03 bits per heavy atom. The second-order valence-corrected chi connectivity index (χ2v) is 9.55. The van der Waals surface area contributed by atoms with Crippen molar-refractivity contribution >= 4 is 38.7 Å². The van der Waals surface area contributed by atoms with Gasteiger partial charge >= 0.3 is 0 Å². The van der Waals surface area contributed by atoms with E-state index in [4.69, 9.17) is 11.6 Å². The van der Waals surface area contributed by atoms with E-state index in [1.54, 1.807) is 54.9 Å². The van der Waals surface area contributed by atoms with Crippen LogP contribution in [0.5, 0.6) is 0 Å². The summed E-state index contributed by atoms with van der Waals surface area (Å²) in [5, 5.41) is 3.66. The number of hydrogen-bond acceptors (Lipinski definition) is 4. The number of hydrogen-bond donors (Lipinski definition) is 2. The van der Waals surface area contributed by atoms with Crippen molar-refractivity contribution in [2.75, 3.05) is 10.0 Å². The maximum Gasteiger partial charge on any atom is 0.261 e. The van der Waals surface area contributed by atoms with Crippen LogP contribution in [0.4, 0.5) is 17.1 Å². The number of nitrogens with one attached hydrogen (secondary N) is 2. The third-order valence-electron chi connectivity index (χ3n) is 4.22. The van der Waals surface area contributed by atoms with Gasteiger partial charge in [-0.15, -0.1) is 0 Å². The van der Waals surface area contributed by atoms with Crippen LogP contribution in [0.15, 0.2) is 71.9 Å². The molecule has 3 rings (SSSR count). The van der Waals surface area contributed by atoms with Crippen LogP contribution >= 0.6 is 11.6 Å². The molecular weight excluding hydrogens is 418 g/mol. The van der Waals surface area contributed by atoms with Gasteiger partial charge < -0.3 is 5.32 Å². The number of aromatic nitrogens is 1. The van der Waals surface area contributed by atoms with Crippen LogP contribution in [0.25, 0.3) is 0 Å². The molecular formula is C23H28ClN3O2S. The SMILES string of the molecule is CC.CC(C)(C)c1ccc(S(=O)(=O)Nc2ccc(Cl)cc2Nc2ccncc2)cc1. The number of pyridine rings is 1. The molecule has 0 amide bonds. The fourth-order valence-electron chi connectivity index (χ4n) is 2.64. The van der Waals surface area contributed by atoms with Gasteiger partial charge in [0, 0.05) is 23.1 Å². The van der Waals surface area contributed by atoms with Gasteiger partial charge in [-0.25, -0.2) is 8.42 Å². The van der Waals surface area contributed by atoms with E-state index in [0.29, 0.717) is 16.4 Å². The maximum atomic E-state index is 12.9. The van der Waals surface area contributed by atoms with Crippen LogP contribution < -0.4 is 10.0 Å². The zero-order chi connectivity index (χ0) is 22.4. The number of anilines is 3. The first-order valence-corrected chi connectivity index (χ1v) is 11.6. The molecule has 2 aromatic carbocycles. The summed E-state index contributed by atoms with van der Waals surface area (Å²) in [6, 6.07) is 15.4. The minimum atomic E-state index is -3.75. The zero-order valence-electron chi connectivity index (χ0n) is 17.9. The minimum Gasteiger partial charge on any atom is -0.354 e. The number of halogens is 1. The van der Waals surface area contributed by atoms with Crippen molar-refractivity contribution in [1.82, 2.24) is 4.98 Å². The van der Waals surface area contributed by atoms with Crippen LogP contribution in [0.3, 0.4) is 0 Å². The second kappa shape index (κ2) is 9.96. The summed E-state index contributed by atoms with van der Waals surface area (Å²) in [6.45, 7) is 10.2. The highest BCUT2D eigenvalue weighted by molar-refractivity contribution is 7.92. The molecule has 0 fully saturated rings. The molecule has 0 radical (unpaired) electrons. The van der Waals surface area contributed by atoms with Gasteiger partial charge in [0.05, 0.1) is 16.3 Å². The van der Waals surface area contributed by atoms with Crippen molar-refractivity contribution in [3.05, 3.63) is 77.6 Å². The summed E-state index contributed by atoms with van der Waals surface area (Å²) in [5.41, 5.74) is 2.74. The first-order valence-electron chi connectivity index (χ1n) is 9.75. The van der Waals surface area contributed by atoms with Crippen molar-refractivity contribution in [2.45, 2.75) is 44.9 Å². The van der Waals surface area contributed by atoms with Crippen LogP contribution in [0.2, 0.25) is 5.02 Å². The topological polar surface area (TPSA) is 71.1 Å². The number of sulfonamides is 1. The Morgan fingerprint density at radius 2 is 1.47 bits per heavy atom. The highest BCUT2D eigenvalue weighted by Gasteiger charge is 2.19. The van der Waals surface area contributed by atoms with Crippen molar-refractivity contribution in [1.29, 1.82) is 0 Å². The van der Waals surface area contributed by atoms with Crippen molar-refractivity contribution in [2.24, 2.45) is 0 Å². The first kappa shape index (κ1) is 23.7. The predicted octanol–water partition coefficient (Wildman–Crippen LogP) is 6.60. The van der Waals surface area contributed by atoms with Crippen molar-refractivity contribution < 1.29 is 8.42 Å². The fraction of sp³-hybridized carbons (Fsp3) is 0.261. The van der Waals surface area contributed by atoms with Crippen LogP contribution in [-0.2, 0) is 15.4 Å². The highest BCUT2D eigenvalue weighted by Crippen LogP contribution is 2.31. The highest BCUT2D eigenvalue weighted by atomic mass is 35.5. The summed E-state index contributed by atoms with van der Waals surface area (Å²) in [6.07, 6.45) is 3.29. The van der Waals surface area contributed by atoms with Crippen LogP contribution in [0, 0.1) is 0 Å². The summed E-state index contributed by atoms with van der Waals surface area (Å²) in [4.78, 5) is 4.17. The van der Waals surface area contributed by atoms with Gasteiger partial charge in [-0.05, 0) is 53.4 Å². The molecule has 160 valence electrons. The van der Waals surface area contributed by atoms with Crippen LogP contribution in [0.1, 0.15) is 40.2 Å². The molecule has 5 nitrogen and oxygen atoms in total. The van der Waals surface area contributed by atoms with Gasteiger partial charge in [-0.2, -0.15) is 0 Å². The molecule has 2 N–H and O–H groups in total. The summed E-state index contributed by atoms with van der Waals surface area (Å²) in [7, 11) is -3.75. The number of nitrogens with zero attached hydrogens (tertiary/aromatic N) is 1. The lowest BCUT2D eigenvalue weighted by Gasteiger charge is -2.19. The van der Waals surface area contributed by atoms with E-state index in [0.717, 1.165) is 11.3 Å². The van der Waals surface area contributed by atoms with E-state index in [-0.39, 0.29) is 10.3 Å². The molecule has 1 aromatic heterocycles. The Hall–Kier alpha value is -2.57. The van der Waals surface area contributed by atoms with Gasteiger partial charge in [0.2, 0.25) is 0 Å². The first-order chi connectivity index (χ1) is 14.1. The minimum absolute atomic E-state index is 0.0481. The normalized spacial score (nSPS) is 11.3. The number of rotatable bonds is 5. The quantitative estimate of drug-likeness (QED) is 0.463. The maximum absolute atomic E-state index is 12.9. The van der Waals surface area contributed by atoms with E-state index >= 15 is 0 Å². The molecule has 30 heavy (non-hydrogen) atoms. The summed E-state index contributed by atoms with van der Waals surface area (Å²) < 4.78 is 28.4. The smallest absolute Gasteiger partial charge is 0.261 e. The molecule has 0 aliphatic heterocycles. The van der Waals surface area contributed by atoms with Gasteiger partial charge in [0.15, 0.2) is 0 Å². The average molecular weight is 446 g/mol. The largest absolute Gasteiger partial charge is 0.354 e. The summed E-state index contributed by atoms with van der Waals surface area (Å²) >= 11 is 6.10. The van der Waals surface area contributed by atoms with Crippen molar-refractivity contribution in [3.8, 4) is 0 Å². The van der Waals surface area contributed by atoms with E-state index in [2.05, 4.69) is 35.8 Å². The molecule has 0 unspecified atom stereocenters. The lowest BCUT2D eigenvalue weighted by atomic mass is 9.87. The Bertz CT molecular complexity index is 1060. The molecule has 1 heterocycles. The molecule has 3 aromatic rings. The van der Waals surface area contributed by atoms with Crippen LogP contribution in [-0.4, -0.2) is 13.4 Å². The van der Waals surface area contributed by atoms with E-state index in [9.17, 15) is 8.42 Å². The fourth-order valence-corrected chi connectivity index (χ4v) is 3.89. The molecule has 0 atom stereocenters. The van der Waals surface area contributed by atoms with Gasteiger partial charge in [0.1, 0.15) is 0 Å². The molecule has 0 saturated heterocycles. The van der Waals surface area contributed by atoms with E-state index in [1.165, 1.54) is 0 Å². The Labute approximate surface area is 184 Å².